The largest absolute Gasteiger partial charge is 0.332 e. The predicted molar refractivity (Wildman–Crippen MR) is 91.3 cm³/mol. The minimum atomic E-state index is -0.0568. The molecule has 0 amide bonds. The summed E-state index contributed by atoms with van der Waals surface area (Å²) in [7, 11) is 0. The first kappa shape index (κ1) is 13.5. The maximum absolute atomic E-state index is 12.2. The van der Waals surface area contributed by atoms with Crippen molar-refractivity contribution < 1.29 is 0 Å². The fraction of sp³-hybridized carbons (Fsp3) is 0.0526. The quantitative estimate of drug-likeness (QED) is 0.630. The monoisotopic (exact) mass is 301 g/mol. The number of para-hydroxylation sites is 1. The molecule has 0 aliphatic heterocycles. The average molecular weight is 301 g/mol. The molecule has 0 spiro atoms. The van der Waals surface area contributed by atoms with Crippen molar-refractivity contribution in [3.8, 4) is 11.3 Å². The zero-order chi connectivity index (χ0) is 15.6. The van der Waals surface area contributed by atoms with Gasteiger partial charge in [-0.05, 0) is 17.5 Å². The topological polar surface area (TPSA) is 50.7 Å². The first-order valence-corrected chi connectivity index (χ1v) is 7.48. The Labute approximate surface area is 133 Å². The van der Waals surface area contributed by atoms with Crippen molar-refractivity contribution >= 4 is 10.9 Å². The summed E-state index contributed by atoms with van der Waals surface area (Å²) >= 11 is 0. The van der Waals surface area contributed by atoms with E-state index in [-0.39, 0.29) is 5.56 Å². The highest BCUT2D eigenvalue weighted by Gasteiger charge is 2.06. The second kappa shape index (κ2) is 5.57. The van der Waals surface area contributed by atoms with Gasteiger partial charge >= 0.3 is 0 Å². The van der Waals surface area contributed by atoms with E-state index >= 15 is 0 Å². The molecule has 4 rings (SSSR count). The number of H-pyrrole nitrogens is 1. The van der Waals surface area contributed by atoms with Crippen LogP contribution in [0.5, 0.6) is 0 Å². The molecule has 2 aromatic heterocycles. The molecule has 4 nitrogen and oxygen atoms in total. The van der Waals surface area contributed by atoms with Crippen LogP contribution in [-0.2, 0) is 6.54 Å². The Morgan fingerprint density at radius 3 is 2.65 bits per heavy atom. The van der Waals surface area contributed by atoms with E-state index in [2.05, 4.69) is 9.97 Å². The van der Waals surface area contributed by atoms with Gasteiger partial charge in [0.25, 0.3) is 5.56 Å². The van der Waals surface area contributed by atoms with Crippen LogP contribution in [0.4, 0.5) is 0 Å². The average Bonchev–Trinajstić information content (AvgIpc) is 3.05. The normalized spacial score (nSPS) is 11.0. The van der Waals surface area contributed by atoms with Crippen molar-refractivity contribution in [3.05, 3.63) is 89.1 Å². The summed E-state index contributed by atoms with van der Waals surface area (Å²) in [6.07, 6.45) is 3.72. The fourth-order valence-corrected chi connectivity index (χ4v) is 2.71. The summed E-state index contributed by atoms with van der Waals surface area (Å²) in [5.41, 5.74) is 3.50. The molecule has 112 valence electrons. The molecule has 4 heteroatoms. The lowest BCUT2D eigenvalue weighted by atomic mass is 10.1. The fourth-order valence-electron chi connectivity index (χ4n) is 2.71. The summed E-state index contributed by atoms with van der Waals surface area (Å²) in [4.78, 5) is 19.6. The molecule has 2 aromatic carbocycles. The predicted octanol–water partition coefficient (Wildman–Crippen LogP) is 3.44. The standard InChI is InChI=1S/C19H15N3O/c23-19-16(10-15-8-4-5-9-17(15)21-19)11-22-12-18(20-13-22)14-6-2-1-3-7-14/h1-10,12-13H,11H2,(H,21,23). The number of rotatable bonds is 3. The van der Waals surface area contributed by atoms with E-state index in [0.29, 0.717) is 6.54 Å². The lowest BCUT2D eigenvalue weighted by Crippen LogP contribution is -2.14. The zero-order valence-corrected chi connectivity index (χ0v) is 12.4. The van der Waals surface area contributed by atoms with Crippen molar-refractivity contribution in [2.45, 2.75) is 6.54 Å². The molecule has 0 saturated heterocycles. The van der Waals surface area contributed by atoms with E-state index in [0.717, 1.165) is 27.7 Å². The lowest BCUT2D eigenvalue weighted by molar-refractivity contribution is 0.788. The van der Waals surface area contributed by atoms with Crippen LogP contribution in [0, 0.1) is 0 Å². The molecule has 0 unspecified atom stereocenters. The van der Waals surface area contributed by atoms with Crippen LogP contribution in [0.2, 0.25) is 0 Å². The van der Waals surface area contributed by atoms with Gasteiger partial charge in [0, 0.05) is 22.8 Å². The van der Waals surface area contributed by atoms with Gasteiger partial charge in [-0.25, -0.2) is 4.98 Å². The Kier molecular flexibility index (Phi) is 3.27. The second-order valence-corrected chi connectivity index (χ2v) is 5.51. The van der Waals surface area contributed by atoms with Gasteiger partial charge in [0.05, 0.1) is 18.6 Å². The van der Waals surface area contributed by atoms with Crippen LogP contribution >= 0.6 is 0 Å². The van der Waals surface area contributed by atoms with Gasteiger partial charge < -0.3 is 9.55 Å². The minimum Gasteiger partial charge on any atom is -0.332 e. The minimum absolute atomic E-state index is 0.0568. The number of pyridine rings is 1. The van der Waals surface area contributed by atoms with E-state index in [1.54, 1.807) is 6.33 Å². The number of hydrogen-bond donors (Lipinski definition) is 1. The van der Waals surface area contributed by atoms with Crippen LogP contribution in [0.25, 0.3) is 22.2 Å². The summed E-state index contributed by atoms with van der Waals surface area (Å²) in [5, 5.41) is 1.03. The van der Waals surface area contributed by atoms with E-state index in [9.17, 15) is 4.79 Å². The van der Waals surface area contributed by atoms with Crippen molar-refractivity contribution in [2.24, 2.45) is 0 Å². The second-order valence-electron chi connectivity index (χ2n) is 5.51. The molecular weight excluding hydrogens is 286 g/mol. The first-order chi connectivity index (χ1) is 11.3. The molecule has 2 heterocycles. The van der Waals surface area contributed by atoms with Crippen LogP contribution in [0.1, 0.15) is 5.56 Å². The summed E-state index contributed by atoms with van der Waals surface area (Å²) in [5.74, 6) is 0. The van der Waals surface area contributed by atoms with Gasteiger partial charge in [0.15, 0.2) is 0 Å². The van der Waals surface area contributed by atoms with E-state index in [4.69, 9.17) is 0 Å². The number of nitrogens with one attached hydrogen (secondary N) is 1. The van der Waals surface area contributed by atoms with Crippen LogP contribution < -0.4 is 5.56 Å². The maximum Gasteiger partial charge on any atom is 0.253 e. The van der Waals surface area contributed by atoms with Gasteiger partial charge in [0.2, 0.25) is 0 Å². The number of hydrogen-bond acceptors (Lipinski definition) is 2. The Bertz CT molecular complexity index is 1020. The highest BCUT2D eigenvalue weighted by atomic mass is 16.1. The number of fused-ring (bicyclic) bond motifs is 1. The number of imidazole rings is 1. The number of aromatic nitrogens is 3. The molecule has 0 saturated carbocycles. The molecule has 0 aliphatic rings. The Morgan fingerprint density at radius 1 is 1.00 bits per heavy atom. The van der Waals surface area contributed by atoms with Gasteiger partial charge in [-0.2, -0.15) is 0 Å². The lowest BCUT2D eigenvalue weighted by Gasteiger charge is -2.04. The molecule has 0 fully saturated rings. The van der Waals surface area contributed by atoms with Crippen molar-refractivity contribution in [2.75, 3.05) is 0 Å². The Hall–Kier alpha value is -3.14. The number of aromatic amines is 1. The third kappa shape index (κ3) is 2.66. The molecule has 1 N–H and O–H groups in total. The van der Waals surface area contributed by atoms with Crippen molar-refractivity contribution in [1.82, 2.24) is 14.5 Å². The summed E-state index contributed by atoms with van der Waals surface area (Å²) in [6, 6.07) is 19.7. The molecule has 23 heavy (non-hydrogen) atoms. The first-order valence-electron chi connectivity index (χ1n) is 7.48. The van der Waals surface area contributed by atoms with Crippen LogP contribution in [-0.4, -0.2) is 14.5 Å². The molecule has 0 bridgehead atoms. The van der Waals surface area contributed by atoms with Crippen molar-refractivity contribution in [1.29, 1.82) is 0 Å². The SMILES string of the molecule is O=c1[nH]c2ccccc2cc1Cn1cnc(-c2ccccc2)c1. The van der Waals surface area contributed by atoms with Gasteiger partial charge in [-0.3, -0.25) is 4.79 Å². The van der Waals surface area contributed by atoms with E-state index < -0.39 is 0 Å². The third-order valence-corrected chi connectivity index (χ3v) is 3.89. The number of benzene rings is 2. The third-order valence-electron chi connectivity index (χ3n) is 3.89. The highest BCUT2D eigenvalue weighted by molar-refractivity contribution is 5.78. The molecule has 0 aliphatic carbocycles. The van der Waals surface area contributed by atoms with Gasteiger partial charge in [-0.1, -0.05) is 48.5 Å². The molecule has 4 aromatic rings. The number of nitrogens with zero attached hydrogens (tertiary/aromatic N) is 2. The molecule has 0 atom stereocenters. The summed E-state index contributed by atoms with van der Waals surface area (Å²) in [6.45, 7) is 0.500. The summed E-state index contributed by atoms with van der Waals surface area (Å²) < 4.78 is 1.93. The maximum atomic E-state index is 12.2. The molecule has 0 radical (unpaired) electrons. The van der Waals surface area contributed by atoms with Crippen LogP contribution in [0.15, 0.2) is 78.0 Å². The smallest absolute Gasteiger partial charge is 0.253 e. The molecular formula is C19H15N3O. The Balaban J connectivity index is 1.67. The Morgan fingerprint density at radius 2 is 1.78 bits per heavy atom. The zero-order valence-electron chi connectivity index (χ0n) is 12.4. The van der Waals surface area contributed by atoms with Crippen LogP contribution in [0.3, 0.4) is 0 Å². The van der Waals surface area contributed by atoms with E-state index in [1.165, 1.54) is 0 Å². The van der Waals surface area contributed by atoms with Gasteiger partial charge in [-0.15, -0.1) is 0 Å². The highest BCUT2D eigenvalue weighted by Crippen LogP contribution is 2.17. The van der Waals surface area contributed by atoms with Gasteiger partial charge in [0.1, 0.15) is 0 Å². The van der Waals surface area contributed by atoms with Crippen molar-refractivity contribution in [3.63, 3.8) is 0 Å². The van der Waals surface area contributed by atoms with E-state index in [1.807, 2.05) is 71.4 Å².